The van der Waals surface area contributed by atoms with Crippen LogP contribution in [0.15, 0.2) is 76.2 Å². The molecule has 3 aromatic carbocycles. The number of aliphatic imine (C=N–C) groups is 1. The first kappa shape index (κ1) is 21.0. The van der Waals surface area contributed by atoms with Crippen LogP contribution in [-0.4, -0.2) is 24.1 Å². The molecule has 0 saturated heterocycles. The van der Waals surface area contributed by atoms with Crippen LogP contribution in [0.5, 0.6) is 0 Å². The Hall–Kier alpha value is -3.25. The summed E-state index contributed by atoms with van der Waals surface area (Å²) in [6.45, 7) is 4.02. The highest BCUT2D eigenvalue weighted by Crippen LogP contribution is 2.33. The number of amides is 2. The molecule has 156 valence electrons. The number of hydrogen-bond donors (Lipinski definition) is 1. The van der Waals surface area contributed by atoms with Gasteiger partial charge in [-0.1, -0.05) is 40.2 Å². The Balaban J connectivity index is 1.61. The van der Waals surface area contributed by atoms with Crippen LogP contribution in [-0.2, 0) is 9.59 Å². The molecule has 1 heterocycles. The van der Waals surface area contributed by atoms with Gasteiger partial charge in [-0.3, -0.25) is 14.6 Å². The molecule has 6 heteroatoms. The second-order valence-electron chi connectivity index (χ2n) is 7.56. The van der Waals surface area contributed by atoms with E-state index in [1.54, 1.807) is 12.1 Å². The van der Waals surface area contributed by atoms with Crippen LogP contribution < -0.4 is 10.2 Å². The number of halogens is 1. The molecule has 4 rings (SSSR count). The molecule has 0 saturated carbocycles. The van der Waals surface area contributed by atoms with Gasteiger partial charge in [0.1, 0.15) is 6.54 Å². The molecule has 0 unspecified atom stereocenters. The van der Waals surface area contributed by atoms with E-state index >= 15 is 0 Å². The van der Waals surface area contributed by atoms with Gasteiger partial charge in [0.2, 0.25) is 11.8 Å². The first-order valence-corrected chi connectivity index (χ1v) is 10.8. The maximum atomic E-state index is 13.2. The first-order valence-electron chi connectivity index (χ1n) is 10.0. The number of aryl methyl sites for hydroxylation is 2. The van der Waals surface area contributed by atoms with E-state index in [2.05, 4.69) is 34.2 Å². The predicted molar refractivity (Wildman–Crippen MR) is 128 cm³/mol. The van der Waals surface area contributed by atoms with Gasteiger partial charge < -0.3 is 10.2 Å². The van der Waals surface area contributed by atoms with Gasteiger partial charge in [-0.05, 0) is 73.0 Å². The molecule has 1 aliphatic rings. The Bertz CT molecular complexity index is 1190. The van der Waals surface area contributed by atoms with Crippen LogP contribution in [0.3, 0.4) is 0 Å². The standard InChI is InChI=1S/C25H22BrN3O2/c1-16-7-8-18(13-17(16)2)22-14-25(31)29(23-6-4-3-5-21(23)28-22)15-24(30)27-20-11-9-19(26)10-12-20/h3-13H,14-15H2,1-2H3,(H,27,30). The number of hydrogen-bond acceptors (Lipinski definition) is 3. The third-order valence-electron chi connectivity index (χ3n) is 5.32. The maximum Gasteiger partial charge on any atom is 0.244 e. The molecule has 0 radical (unpaired) electrons. The van der Waals surface area contributed by atoms with Crippen LogP contribution in [0.4, 0.5) is 17.1 Å². The highest BCUT2D eigenvalue weighted by molar-refractivity contribution is 9.10. The SMILES string of the molecule is Cc1ccc(C2=Nc3ccccc3N(CC(=O)Nc3ccc(Br)cc3)C(=O)C2)cc1C. The van der Waals surface area contributed by atoms with Crippen LogP contribution >= 0.6 is 15.9 Å². The quantitative estimate of drug-likeness (QED) is 0.536. The van der Waals surface area contributed by atoms with Crippen molar-refractivity contribution in [1.29, 1.82) is 0 Å². The van der Waals surface area contributed by atoms with E-state index < -0.39 is 0 Å². The van der Waals surface area contributed by atoms with E-state index in [1.165, 1.54) is 10.5 Å². The Morgan fingerprint density at radius 3 is 2.52 bits per heavy atom. The van der Waals surface area contributed by atoms with E-state index in [-0.39, 0.29) is 24.8 Å². The Morgan fingerprint density at radius 2 is 1.77 bits per heavy atom. The molecule has 2 amide bonds. The zero-order chi connectivity index (χ0) is 22.0. The average molecular weight is 476 g/mol. The largest absolute Gasteiger partial charge is 0.325 e. The second-order valence-corrected chi connectivity index (χ2v) is 8.47. The number of anilines is 2. The van der Waals surface area contributed by atoms with Crippen molar-refractivity contribution in [3.8, 4) is 0 Å². The fourth-order valence-electron chi connectivity index (χ4n) is 3.48. The van der Waals surface area contributed by atoms with Gasteiger partial charge >= 0.3 is 0 Å². The molecular formula is C25H22BrN3O2. The van der Waals surface area contributed by atoms with Crippen molar-refractivity contribution in [2.75, 3.05) is 16.8 Å². The van der Waals surface area contributed by atoms with E-state index in [1.807, 2.05) is 55.5 Å². The molecule has 0 aliphatic carbocycles. The zero-order valence-corrected chi connectivity index (χ0v) is 18.9. The summed E-state index contributed by atoms with van der Waals surface area (Å²) in [6.07, 6.45) is 0.128. The van der Waals surface area contributed by atoms with E-state index in [4.69, 9.17) is 4.99 Å². The molecule has 1 aliphatic heterocycles. The number of para-hydroxylation sites is 2. The normalized spacial score (nSPS) is 13.3. The average Bonchev–Trinajstić information content (AvgIpc) is 2.88. The highest BCUT2D eigenvalue weighted by atomic mass is 79.9. The minimum absolute atomic E-state index is 0.0817. The number of benzene rings is 3. The molecule has 0 spiro atoms. The van der Waals surface area contributed by atoms with Gasteiger partial charge in [0.15, 0.2) is 0 Å². The van der Waals surface area contributed by atoms with Crippen molar-refractivity contribution in [3.05, 3.63) is 87.9 Å². The summed E-state index contributed by atoms with van der Waals surface area (Å²) >= 11 is 3.38. The molecule has 3 aromatic rings. The fourth-order valence-corrected chi connectivity index (χ4v) is 3.75. The minimum atomic E-state index is -0.264. The summed E-state index contributed by atoms with van der Waals surface area (Å²) in [4.78, 5) is 32.2. The lowest BCUT2D eigenvalue weighted by Gasteiger charge is -2.22. The Morgan fingerprint density at radius 1 is 1.03 bits per heavy atom. The van der Waals surface area contributed by atoms with Gasteiger partial charge in [-0.15, -0.1) is 0 Å². The van der Waals surface area contributed by atoms with Crippen LogP contribution in [0.1, 0.15) is 23.1 Å². The number of nitrogens with one attached hydrogen (secondary N) is 1. The predicted octanol–water partition coefficient (Wildman–Crippen LogP) is 5.56. The maximum absolute atomic E-state index is 13.2. The van der Waals surface area contributed by atoms with Crippen LogP contribution in [0.25, 0.3) is 0 Å². The molecule has 0 bridgehead atoms. The lowest BCUT2D eigenvalue weighted by Crippen LogP contribution is -2.38. The summed E-state index contributed by atoms with van der Waals surface area (Å²) in [5, 5.41) is 2.85. The lowest BCUT2D eigenvalue weighted by molar-refractivity contribution is -0.120. The van der Waals surface area contributed by atoms with Crippen molar-refractivity contribution in [2.24, 2.45) is 4.99 Å². The number of carbonyl (C=O) groups is 2. The lowest BCUT2D eigenvalue weighted by atomic mass is 10.0. The van der Waals surface area contributed by atoms with Crippen LogP contribution in [0.2, 0.25) is 0 Å². The van der Waals surface area contributed by atoms with E-state index in [0.29, 0.717) is 22.8 Å². The third-order valence-corrected chi connectivity index (χ3v) is 5.85. The van der Waals surface area contributed by atoms with Gasteiger partial charge in [0, 0.05) is 10.2 Å². The molecule has 5 nitrogen and oxygen atoms in total. The van der Waals surface area contributed by atoms with Gasteiger partial charge in [0.05, 0.1) is 23.5 Å². The fraction of sp³-hybridized carbons (Fsp3) is 0.160. The summed E-state index contributed by atoms with van der Waals surface area (Å²) in [7, 11) is 0. The first-order chi connectivity index (χ1) is 14.9. The topological polar surface area (TPSA) is 61.8 Å². The summed E-state index contributed by atoms with van der Waals surface area (Å²) in [6, 6.07) is 20.8. The molecular weight excluding hydrogens is 454 g/mol. The molecule has 0 fully saturated rings. The zero-order valence-electron chi connectivity index (χ0n) is 17.4. The van der Waals surface area contributed by atoms with Gasteiger partial charge in [0.25, 0.3) is 0 Å². The number of rotatable bonds is 4. The summed E-state index contributed by atoms with van der Waals surface area (Å²) in [5.41, 5.74) is 5.96. The Labute approximate surface area is 189 Å². The van der Waals surface area contributed by atoms with Gasteiger partial charge in [-0.2, -0.15) is 0 Å². The number of nitrogens with zero attached hydrogens (tertiary/aromatic N) is 2. The smallest absolute Gasteiger partial charge is 0.244 e. The van der Waals surface area contributed by atoms with E-state index in [9.17, 15) is 9.59 Å². The minimum Gasteiger partial charge on any atom is -0.325 e. The van der Waals surface area contributed by atoms with Crippen molar-refractivity contribution in [1.82, 2.24) is 0 Å². The molecule has 0 atom stereocenters. The monoisotopic (exact) mass is 475 g/mol. The number of fused-ring (bicyclic) bond motifs is 1. The molecule has 0 aromatic heterocycles. The van der Waals surface area contributed by atoms with Crippen LogP contribution in [0, 0.1) is 13.8 Å². The number of carbonyl (C=O) groups excluding carboxylic acids is 2. The second kappa shape index (κ2) is 8.86. The van der Waals surface area contributed by atoms with E-state index in [0.717, 1.165) is 15.6 Å². The van der Waals surface area contributed by atoms with Crippen molar-refractivity contribution in [3.63, 3.8) is 0 Å². The highest BCUT2D eigenvalue weighted by Gasteiger charge is 2.26. The molecule has 1 N–H and O–H groups in total. The van der Waals surface area contributed by atoms with Crippen molar-refractivity contribution >= 4 is 50.5 Å². The van der Waals surface area contributed by atoms with Crippen molar-refractivity contribution < 1.29 is 9.59 Å². The van der Waals surface area contributed by atoms with Gasteiger partial charge in [-0.25, -0.2) is 0 Å². The summed E-state index contributed by atoms with van der Waals surface area (Å²) in [5.74, 6) is -0.423. The summed E-state index contributed by atoms with van der Waals surface area (Å²) < 4.78 is 0.929. The Kier molecular flexibility index (Phi) is 6.00. The molecule has 31 heavy (non-hydrogen) atoms. The third kappa shape index (κ3) is 4.75. The van der Waals surface area contributed by atoms with Crippen molar-refractivity contribution in [2.45, 2.75) is 20.3 Å².